The summed E-state index contributed by atoms with van der Waals surface area (Å²) < 4.78 is 0. The molecule has 1 unspecified atom stereocenters. The Morgan fingerprint density at radius 1 is 1.60 bits per heavy atom. The fourth-order valence-corrected chi connectivity index (χ4v) is 1.93. The van der Waals surface area contributed by atoms with Crippen LogP contribution in [0.2, 0.25) is 0 Å². The lowest BCUT2D eigenvalue weighted by atomic mass is 10.1. The molecule has 4 heteroatoms. The summed E-state index contributed by atoms with van der Waals surface area (Å²) in [6.45, 7) is 2.67. The minimum Gasteiger partial charge on any atom is -0.296 e. The molecule has 1 atom stereocenters. The highest BCUT2D eigenvalue weighted by Crippen LogP contribution is 2.23. The highest BCUT2D eigenvalue weighted by atomic mass is 35.5. The van der Waals surface area contributed by atoms with Gasteiger partial charge >= 0.3 is 0 Å². The maximum atomic E-state index is 11.7. The lowest BCUT2D eigenvalue weighted by molar-refractivity contribution is -0.117. The summed E-state index contributed by atoms with van der Waals surface area (Å²) in [5.41, 5.74) is 1.10. The minimum atomic E-state index is 0.122. The van der Waals surface area contributed by atoms with Crippen molar-refractivity contribution in [1.82, 2.24) is 4.98 Å². The SMILES string of the molecule is Cc1ccc(N2CC(CCl)CC2=O)nc1. The van der Waals surface area contributed by atoms with Crippen LogP contribution in [0.4, 0.5) is 5.82 Å². The number of aryl methyl sites for hydroxylation is 1. The summed E-state index contributed by atoms with van der Waals surface area (Å²) in [6.07, 6.45) is 2.32. The van der Waals surface area contributed by atoms with Crippen LogP contribution in [0.1, 0.15) is 12.0 Å². The Bertz CT molecular complexity index is 363. The molecule has 0 N–H and O–H groups in total. The Labute approximate surface area is 94.1 Å². The first-order valence-electron chi connectivity index (χ1n) is 4.99. The van der Waals surface area contributed by atoms with Crippen LogP contribution in [0.3, 0.4) is 0 Å². The highest BCUT2D eigenvalue weighted by Gasteiger charge is 2.30. The van der Waals surface area contributed by atoms with Gasteiger partial charge in [0.2, 0.25) is 5.91 Å². The second-order valence-electron chi connectivity index (χ2n) is 3.92. The smallest absolute Gasteiger partial charge is 0.228 e. The maximum absolute atomic E-state index is 11.7. The number of pyridine rings is 1. The largest absolute Gasteiger partial charge is 0.296 e. The number of amides is 1. The number of hydrogen-bond acceptors (Lipinski definition) is 2. The monoisotopic (exact) mass is 224 g/mol. The number of aromatic nitrogens is 1. The van der Waals surface area contributed by atoms with E-state index in [0.29, 0.717) is 18.8 Å². The molecule has 15 heavy (non-hydrogen) atoms. The summed E-state index contributed by atoms with van der Waals surface area (Å²) in [5.74, 6) is 1.66. The third-order valence-corrected chi connectivity index (χ3v) is 3.03. The van der Waals surface area contributed by atoms with Crippen molar-refractivity contribution in [2.24, 2.45) is 5.92 Å². The van der Waals surface area contributed by atoms with Gasteiger partial charge in [-0.05, 0) is 24.5 Å². The van der Waals surface area contributed by atoms with Crippen LogP contribution < -0.4 is 4.90 Å². The summed E-state index contributed by atoms with van der Waals surface area (Å²) in [4.78, 5) is 17.6. The maximum Gasteiger partial charge on any atom is 0.228 e. The van der Waals surface area contributed by atoms with Gasteiger partial charge in [-0.25, -0.2) is 4.98 Å². The van der Waals surface area contributed by atoms with E-state index in [2.05, 4.69) is 4.98 Å². The molecule has 1 aliphatic heterocycles. The van der Waals surface area contributed by atoms with Gasteiger partial charge in [0, 0.05) is 25.0 Å². The highest BCUT2D eigenvalue weighted by molar-refractivity contribution is 6.18. The van der Waals surface area contributed by atoms with Crippen LogP contribution in [0.15, 0.2) is 18.3 Å². The molecule has 1 aromatic rings. The Morgan fingerprint density at radius 2 is 2.40 bits per heavy atom. The Morgan fingerprint density at radius 3 is 2.93 bits per heavy atom. The van der Waals surface area contributed by atoms with Crippen molar-refractivity contribution in [2.75, 3.05) is 17.3 Å². The lowest BCUT2D eigenvalue weighted by Crippen LogP contribution is -2.25. The lowest BCUT2D eigenvalue weighted by Gasteiger charge is -2.14. The molecular formula is C11H13ClN2O. The third-order valence-electron chi connectivity index (χ3n) is 2.60. The quantitative estimate of drug-likeness (QED) is 0.720. The van der Waals surface area contributed by atoms with Gasteiger partial charge in [0.25, 0.3) is 0 Å². The molecule has 0 bridgehead atoms. The molecule has 1 aliphatic rings. The van der Waals surface area contributed by atoms with Crippen molar-refractivity contribution in [2.45, 2.75) is 13.3 Å². The number of hydrogen-bond donors (Lipinski definition) is 0. The minimum absolute atomic E-state index is 0.122. The predicted molar refractivity (Wildman–Crippen MR) is 60.2 cm³/mol. The number of nitrogens with zero attached hydrogens (tertiary/aromatic N) is 2. The summed E-state index contributed by atoms with van der Waals surface area (Å²) in [6, 6.07) is 3.84. The van der Waals surface area contributed by atoms with E-state index in [0.717, 1.165) is 11.4 Å². The molecule has 0 radical (unpaired) electrons. The topological polar surface area (TPSA) is 33.2 Å². The first-order valence-corrected chi connectivity index (χ1v) is 5.53. The van der Waals surface area contributed by atoms with Crippen LogP contribution in [0, 0.1) is 12.8 Å². The Hall–Kier alpha value is -1.09. The van der Waals surface area contributed by atoms with Gasteiger partial charge in [-0.3, -0.25) is 9.69 Å². The van der Waals surface area contributed by atoms with Gasteiger partial charge in [0.15, 0.2) is 0 Å². The molecule has 2 rings (SSSR count). The third kappa shape index (κ3) is 2.12. The molecule has 0 aliphatic carbocycles. The molecule has 1 fully saturated rings. The fraction of sp³-hybridized carbons (Fsp3) is 0.455. The van der Waals surface area contributed by atoms with Crippen molar-refractivity contribution in [3.05, 3.63) is 23.9 Å². The Balaban J connectivity index is 2.18. The molecule has 1 saturated heterocycles. The zero-order chi connectivity index (χ0) is 10.8. The van der Waals surface area contributed by atoms with Crippen LogP contribution >= 0.6 is 11.6 Å². The molecule has 3 nitrogen and oxygen atoms in total. The molecule has 1 aromatic heterocycles. The van der Waals surface area contributed by atoms with E-state index >= 15 is 0 Å². The Kier molecular flexibility index (Phi) is 2.91. The van der Waals surface area contributed by atoms with Crippen LogP contribution in [0.5, 0.6) is 0 Å². The van der Waals surface area contributed by atoms with Crippen molar-refractivity contribution in [1.29, 1.82) is 0 Å². The molecule has 0 aromatic carbocycles. The van der Waals surface area contributed by atoms with E-state index in [1.807, 2.05) is 19.1 Å². The van der Waals surface area contributed by atoms with Gasteiger partial charge in [-0.15, -0.1) is 11.6 Å². The van der Waals surface area contributed by atoms with Gasteiger partial charge < -0.3 is 0 Å². The van der Waals surface area contributed by atoms with E-state index in [-0.39, 0.29) is 11.8 Å². The second kappa shape index (κ2) is 4.19. The second-order valence-corrected chi connectivity index (χ2v) is 4.23. The van der Waals surface area contributed by atoms with E-state index in [1.54, 1.807) is 11.1 Å². The standard InChI is InChI=1S/C11H13ClN2O/c1-8-2-3-10(13-6-8)14-7-9(5-12)4-11(14)15/h2-3,6,9H,4-5,7H2,1H3. The molecular weight excluding hydrogens is 212 g/mol. The molecule has 0 saturated carbocycles. The summed E-state index contributed by atoms with van der Waals surface area (Å²) in [7, 11) is 0. The molecule has 0 spiro atoms. The molecule has 80 valence electrons. The van der Waals surface area contributed by atoms with E-state index in [9.17, 15) is 4.79 Å². The van der Waals surface area contributed by atoms with Crippen molar-refractivity contribution >= 4 is 23.3 Å². The van der Waals surface area contributed by atoms with Crippen LogP contribution in [-0.4, -0.2) is 23.3 Å². The van der Waals surface area contributed by atoms with Gasteiger partial charge in [-0.2, -0.15) is 0 Å². The number of carbonyl (C=O) groups is 1. The summed E-state index contributed by atoms with van der Waals surface area (Å²) in [5, 5.41) is 0. The van der Waals surface area contributed by atoms with E-state index < -0.39 is 0 Å². The van der Waals surface area contributed by atoms with E-state index in [1.165, 1.54) is 0 Å². The van der Waals surface area contributed by atoms with Gasteiger partial charge in [0.1, 0.15) is 5.82 Å². The van der Waals surface area contributed by atoms with E-state index in [4.69, 9.17) is 11.6 Å². The fourth-order valence-electron chi connectivity index (χ4n) is 1.73. The van der Waals surface area contributed by atoms with Gasteiger partial charge in [-0.1, -0.05) is 6.07 Å². The number of rotatable bonds is 2. The van der Waals surface area contributed by atoms with Crippen molar-refractivity contribution < 1.29 is 4.79 Å². The first-order chi connectivity index (χ1) is 7.20. The average Bonchev–Trinajstić information content (AvgIpc) is 2.61. The number of halogens is 1. The van der Waals surface area contributed by atoms with Gasteiger partial charge in [0.05, 0.1) is 0 Å². The number of anilines is 1. The molecule has 2 heterocycles. The summed E-state index contributed by atoms with van der Waals surface area (Å²) >= 11 is 5.75. The molecule has 1 amide bonds. The first kappa shape index (κ1) is 10.4. The zero-order valence-corrected chi connectivity index (χ0v) is 9.37. The number of carbonyl (C=O) groups excluding carboxylic acids is 1. The predicted octanol–water partition coefficient (Wildman–Crippen LogP) is 1.98. The van der Waals surface area contributed by atoms with Crippen molar-refractivity contribution in [3.63, 3.8) is 0 Å². The van der Waals surface area contributed by atoms with Crippen LogP contribution in [0.25, 0.3) is 0 Å². The van der Waals surface area contributed by atoms with Crippen molar-refractivity contribution in [3.8, 4) is 0 Å². The zero-order valence-electron chi connectivity index (χ0n) is 8.61. The normalized spacial score (nSPS) is 21.1. The van der Waals surface area contributed by atoms with Crippen LogP contribution in [-0.2, 0) is 4.79 Å². The average molecular weight is 225 g/mol. The number of alkyl halides is 1.